The van der Waals surface area contributed by atoms with Crippen molar-refractivity contribution in [3.05, 3.63) is 29.8 Å². The number of nitrogens with two attached hydrogens (primary N) is 2. The number of hydrogen-bond acceptors (Lipinski definition) is 3. The third kappa shape index (κ3) is 5.21. The summed E-state index contributed by atoms with van der Waals surface area (Å²) in [6.07, 6.45) is 0.413. The van der Waals surface area contributed by atoms with Crippen molar-refractivity contribution in [1.82, 2.24) is 0 Å². The summed E-state index contributed by atoms with van der Waals surface area (Å²) in [5.41, 5.74) is 11.1. The third-order valence-corrected chi connectivity index (χ3v) is 1.70. The Kier molecular flexibility index (Phi) is 5.95. The molecule has 1 amide bonds. The van der Waals surface area contributed by atoms with Gasteiger partial charge in [0.1, 0.15) is 5.75 Å². The molecule has 6 heteroatoms. The average molecular weight is 244 g/mol. The molecule has 0 bridgehead atoms. The number of rotatable bonds is 5. The van der Waals surface area contributed by atoms with Crippen LogP contribution < -0.4 is 16.2 Å². The van der Waals surface area contributed by atoms with E-state index in [0.717, 1.165) is 5.56 Å². The molecule has 0 aliphatic heterocycles. The minimum absolute atomic E-state index is 0. The van der Waals surface area contributed by atoms with E-state index in [1.807, 2.05) is 0 Å². The molecule has 5 N–H and O–H groups in total. The van der Waals surface area contributed by atoms with Crippen LogP contribution in [0.25, 0.3) is 0 Å². The van der Waals surface area contributed by atoms with Crippen LogP contribution in [0.2, 0.25) is 0 Å². The highest BCUT2D eigenvalue weighted by Crippen LogP contribution is 2.12. The minimum atomic E-state index is -0.511. The van der Waals surface area contributed by atoms with Crippen LogP contribution in [0.3, 0.4) is 0 Å². The van der Waals surface area contributed by atoms with Crippen molar-refractivity contribution in [2.75, 3.05) is 6.61 Å². The van der Waals surface area contributed by atoms with Crippen molar-refractivity contribution < 1.29 is 9.53 Å². The number of hydrogen-bond donors (Lipinski definition) is 3. The Morgan fingerprint density at radius 3 is 2.25 bits per heavy atom. The number of primary amides is 1. The summed E-state index contributed by atoms with van der Waals surface area (Å²) in [6, 6.07) is 7.00. The van der Waals surface area contributed by atoms with Gasteiger partial charge in [0.25, 0.3) is 5.91 Å². The largest absolute Gasteiger partial charge is 0.484 e. The summed E-state index contributed by atoms with van der Waals surface area (Å²) in [7, 11) is 0. The van der Waals surface area contributed by atoms with Gasteiger partial charge in [-0.1, -0.05) is 12.1 Å². The van der Waals surface area contributed by atoms with Crippen molar-refractivity contribution in [1.29, 1.82) is 5.41 Å². The molecule has 88 valence electrons. The second-order valence-corrected chi connectivity index (χ2v) is 3.10. The Hall–Kier alpha value is -1.75. The highest BCUT2D eigenvalue weighted by atomic mass is 35.5. The summed E-state index contributed by atoms with van der Waals surface area (Å²) in [5, 5.41) is 7.11. The fraction of sp³-hybridized carbons (Fsp3) is 0.200. The van der Waals surface area contributed by atoms with Crippen LogP contribution in [0.1, 0.15) is 5.56 Å². The first-order chi connectivity index (χ1) is 7.08. The number of carbonyl (C=O) groups is 1. The molecule has 0 atom stereocenters. The van der Waals surface area contributed by atoms with Crippen LogP contribution >= 0.6 is 12.4 Å². The molecule has 0 saturated heterocycles. The van der Waals surface area contributed by atoms with Gasteiger partial charge in [-0.3, -0.25) is 10.2 Å². The topological polar surface area (TPSA) is 102 Å². The highest BCUT2D eigenvalue weighted by molar-refractivity contribution is 5.85. The van der Waals surface area contributed by atoms with Crippen LogP contribution in [0.5, 0.6) is 5.75 Å². The third-order valence-electron chi connectivity index (χ3n) is 1.70. The summed E-state index contributed by atoms with van der Waals surface area (Å²) < 4.78 is 5.07. The van der Waals surface area contributed by atoms with Gasteiger partial charge in [0, 0.05) is 6.42 Å². The van der Waals surface area contributed by atoms with Crippen LogP contribution in [0.4, 0.5) is 0 Å². The number of amidine groups is 1. The van der Waals surface area contributed by atoms with Gasteiger partial charge in [0.05, 0.1) is 5.84 Å². The summed E-state index contributed by atoms with van der Waals surface area (Å²) in [4.78, 5) is 10.4. The van der Waals surface area contributed by atoms with Crippen LogP contribution in [-0.4, -0.2) is 18.3 Å². The van der Waals surface area contributed by atoms with E-state index in [1.54, 1.807) is 24.3 Å². The smallest absolute Gasteiger partial charge is 0.255 e. The molecule has 5 nitrogen and oxygen atoms in total. The maximum atomic E-state index is 10.4. The van der Waals surface area contributed by atoms with E-state index in [1.165, 1.54) is 0 Å². The molecule has 1 rings (SSSR count). The molecule has 0 spiro atoms. The molecule has 0 heterocycles. The molecule has 0 radical (unpaired) electrons. The molecule has 0 aliphatic rings. The number of nitrogens with one attached hydrogen (secondary N) is 1. The Morgan fingerprint density at radius 1 is 1.25 bits per heavy atom. The van der Waals surface area contributed by atoms with Gasteiger partial charge in [-0.2, -0.15) is 0 Å². The van der Waals surface area contributed by atoms with Gasteiger partial charge >= 0.3 is 0 Å². The Bertz CT molecular complexity index is 365. The maximum absolute atomic E-state index is 10.4. The van der Waals surface area contributed by atoms with Gasteiger partial charge in [0.2, 0.25) is 0 Å². The predicted molar refractivity (Wildman–Crippen MR) is 64.0 cm³/mol. The lowest BCUT2D eigenvalue weighted by Gasteiger charge is -2.04. The van der Waals surface area contributed by atoms with Gasteiger partial charge < -0.3 is 16.2 Å². The maximum Gasteiger partial charge on any atom is 0.255 e. The Labute approximate surface area is 99.7 Å². The molecule has 1 aromatic rings. The van der Waals surface area contributed by atoms with Gasteiger partial charge in [-0.15, -0.1) is 12.4 Å². The fourth-order valence-electron chi connectivity index (χ4n) is 1.08. The van der Waals surface area contributed by atoms with E-state index in [4.69, 9.17) is 21.6 Å². The Morgan fingerprint density at radius 2 is 1.81 bits per heavy atom. The van der Waals surface area contributed by atoms with E-state index < -0.39 is 5.91 Å². The standard InChI is InChI=1S/C10H13N3O2.ClH/c11-9(12)5-7-1-3-8(4-2-7)15-6-10(13)14;/h1-4H,5-6H2,(H3,11,12)(H2,13,14);1H. The number of amides is 1. The van der Waals surface area contributed by atoms with Crippen LogP contribution in [0, 0.1) is 5.41 Å². The normalized spacial score (nSPS) is 9.00. The molecule has 0 unspecified atom stereocenters. The number of carbonyl (C=O) groups excluding carboxylic acids is 1. The fourth-order valence-corrected chi connectivity index (χ4v) is 1.08. The first kappa shape index (κ1) is 14.2. The average Bonchev–Trinajstić information content (AvgIpc) is 2.16. The number of halogens is 1. The molecule has 0 fully saturated rings. The van der Waals surface area contributed by atoms with Crippen molar-refractivity contribution in [3.63, 3.8) is 0 Å². The molecule has 0 aromatic heterocycles. The van der Waals surface area contributed by atoms with Gasteiger partial charge in [-0.05, 0) is 17.7 Å². The monoisotopic (exact) mass is 243 g/mol. The Balaban J connectivity index is 0.00000225. The van der Waals surface area contributed by atoms with Crippen molar-refractivity contribution in [3.8, 4) is 5.75 Å². The number of benzene rings is 1. The van der Waals surface area contributed by atoms with Crippen molar-refractivity contribution >= 4 is 24.1 Å². The van der Waals surface area contributed by atoms with E-state index >= 15 is 0 Å². The SMILES string of the molecule is Cl.N=C(N)Cc1ccc(OCC(N)=O)cc1. The quantitative estimate of drug-likeness (QED) is 0.517. The molecule has 0 saturated carbocycles. The second-order valence-electron chi connectivity index (χ2n) is 3.10. The first-order valence-corrected chi connectivity index (χ1v) is 4.41. The highest BCUT2D eigenvalue weighted by Gasteiger charge is 1.99. The molecule has 1 aromatic carbocycles. The van der Waals surface area contributed by atoms with Gasteiger partial charge in [-0.25, -0.2) is 0 Å². The molecule has 16 heavy (non-hydrogen) atoms. The van der Waals surface area contributed by atoms with Crippen molar-refractivity contribution in [2.45, 2.75) is 6.42 Å². The predicted octanol–water partition coefficient (Wildman–Crippen LogP) is 0.451. The lowest BCUT2D eigenvalue weighted by molar-refractivity contribution is -0.119. The van der Waals surface area contributed by atoms with Crippen molar-refractivity contribution in [2.24, 2.45) is 11.5 Å². The number of ether oxygens (including phenoxy) is 1. The molecular formula is C10H14ClN3O2. The summed E-state index contributed by atoms with van der Waals surface area (Å²) in [5.74, 6) is 0.171. The van der Waals surface area contributed by atoms with E-state index in [-0.39, 0.29) is 24.8 Å². The zero-order valence-corrected chi connectivity index (χ0v) is 9.42. The summed E-state index contributed by atoms with van der Waals surface area (Å²) >= 11 is 0. The zero-order valence-electron chi connectivity index (χ0n) is 8.60. The van der Waals surface area contributed by atoms with Crippen LogP contribution in [0.15, 0.2) is 24.3 Å². The van der Waals surface area contributed by atoms with Crippen LogP contribution in [-0.2, 0) is 11.2 Å². The van der Waals surface area contributed by atoms with E-state index in [0.29, 0.717) is 12.2 Å². The molecular weight excluding hydrogens is 230 g/mol. The summed E-state index contributed by atoms with van der Waals surface area (Å²) in [6.45, 7) is -0.133. The lowest BCUT2D eigenvalue weighted by Crippen LogP contribution is -2.20. The minimum Gasteiger partial charge on any atom is -0.484 e. The van der Waals surface area contributed by atoms with E-state index in [2.05, 4.69) is 0 Å². The van der Waals surface area contributed by atoms with Gasteiger partial charge in [0.15, 0.2) is 6.61 Å². The zero-order chi connectivity index (χ0) is 11.3. The lowest BCUT2D eigenvalue weighted by atomic mass is 10.1. The van der Waals surface area contributed by atoms with E-state index in [9.17, 15) is 4.79 Å². The second kappa shape index (κ2) is 6.68. The first-order valence-electron chi connectivity index (χ1n) is 4.41. The molecule has 0 aliphatic carbocycles.